The van der Waals surface area contributed by atoms with E-state index in [2.05, 4.69) is 27.3 Å². The van der Waals surface area contributed by atoms with E-state index >= 15 is 0 Å². The van der Waals surface area contributed by atoms with Gasteiger partial charge in [0, 0.05) is 32.6 Å². The Hall–Kier alpha value is -2.60. The van der Waals surface area contributed by atoms with Crippen LogP contribution >= 0.6 is 0 Å². The maximum Gasteiger partial charge on any atom is 0.231 e. The minimum Gasteiger partial charge on any atom is -0.383 e. The number of aromatic nitrogens is 1. The number of fused-ring (bicyclic) bond motifs is 2. The van der Waals surface area contributed by atoms with Crippen LogP contribution in [0.5, 0.6) is 0 Å². The fourth-order valence-electron chi connectivity index (χ4n) is 3.44. The van der Waals surface area contributed by atoms with Crippen LogP contribution in [0.15, 0.2) is 36.5 Å². The first-order valence-electron chi connectivity index (χ1n) is 8.05. The van der Waals surface area contributed by atoms with Crippen LogP contribution in [-0.2, 0) is 16.0 Å². The summed E-state index contributed by atoms with van der Waals surface area (Å²) in [5.41, 5.74) is 5.17. The standard InChI is InChI=1S/C18H20N4O2/c1-21-16-11-15-12(10-17(23)22(15)7-8-24-2)9-14(16)20-18(21)13-5-3-4-6-19-13/h3-6,9,11,18,20H,7-8,10H2,1-2H3. The molecule has 0 fully saturated rings. The third kappa shape index (κ3) is 2.30. The molecule has 1 N–H and O–H groups in total. The van der Waals surface area contributed by atoms with Gasteiger partial charge in [-0.05, 0) is 29.8 Å². The lowest BCUT2D eigenvalue weighted by Gasteiger charge is -2.22. The molecule has 6 heteroatoms. The highest BCUT2D eigenvalue weighted by Gasteiger charge is 2.33. The van der Waals surface area contributed by atoms with Crippen molar-refractivity contribution in [2.75, 3.05) is 42.4 Å². The first kappa shape index (κ1) is 15.0. The van der Waals surface area contributed by atoms with Crippen molar-refractivity contribution in [3.63, 3.8) is 0 Å². The summed E-state index contributed by atoms with van der Waals surface area (Å²) >= 11 is 0. The highest BCUT2D eigenvalue weighted by atomic mass is 16.5. The zero-order valence-corrected chi connectivity index (χ0v) is 13.8. The van der Waals surface area contributed by atoms with E-state index in [1.165, 1.54) is 0 Å². The molecule has 2 aromatic rings. The number of carbonyl (C=O) groups is 1. The molecule has 2 aliphatic rings. The van der Waals surface area contributed by atoms with Gasteiger partial charge in [-0.2, -0.15) is 0 Å². The van der Waals surface area contributed by atoms with Crippen molar-refractivity contribution < 1.29 is 9.53 Å². The summed E-state index contributed by atoms with van der Waals surface area (Å²) in [6.45, 7) is 1.12. The van der Waals surface area contributed by atoms with Gasteiger partial charge >= 0.3 is 0 Å². The van der Waals surface area contributed by atoms with Gasteiger partial charge in [-0.1, -0.05) is 6.07 Å². The summed E-state index contributed by atoms with van der Waals surface area (Å²) in [5, 5.41) is 3.51. The lowest BCUT2D eigenvalue weighted by atomic mass is 10.1. The number of hydrogen-bond acceptors (Lipinski definition) is 5. The van der Waals surface area contributed by atoms with Gasteiger partial charge in [0.1, 0.15) is 6.17 Å². The molecule has 1 atom stereocenters. The molecule has 1 aromatic carbocycles. The molecule has 0 radical (unpaired) electrons. The quantitative estimate of drug-likeness (QED) is 0.934. The monoisotopic (exact) mass is 324 g/mol. The molecule has 1 unspecified atom stereocenters. The topological polar surface area (TPSA) is 57.7 Å². The van der Waals surface area contributed by atoms with Crippen LogP contribution in [0.4, 0.5) is 17.1 Å². The molecule has 0 spiro atoms. The lowest BCUT2D eigenvalue weighted by molar-refractivity contribution is -0.117. The number of carbonyl (C=O) groups excluding carboxylic acids is 1. The Morgan fingerprint density at radius 2 is 2.21 bits per heavy atom. The zero-order valence-electron chi connectivity index (χ0n) is 13.8. The first-order valence-corrected chi connectivity index (χ1v) is 8.05. The van der Waals surface area contributed by atoms with Crippen molar-refractivity contribution in [1.29, 1.82) is 0 Å². The van der Waals surface area contributed by atoms with Crippen LogP contribution in [0, 0.1) is 0 Å². The predicted molar refractivity (Wildman–Crippen MR) is 93.4 cm³/mol. The van der Waals surface area contributed by atoms with Gasteiger partial charge in [-0.25, -0.2) is 0 Å². The van der Waals surface area contributed by atoms with E-state index < -0.39 is 0 Å². The zero-order chi connectivity index (χ0) is 16.7. The van der Waals surface area contributed by atoms with Crippen LogP contribution in [-0.4, -0.2) is 38.2 Å². The Balaban J connectivity index is 1.67. The highest BCUT2D eigenvalue weighted by molar-refractivity contribution is 6.03. The first-order chi connectivity index (χ1) is 11.7. The molecule has 2 aliphatic heterocycles. The Bertz CT molecular complexity index is 778. The molecular weight excluding hydrogens is 304 g/mol. The van der Waals surface area contributed by atoms with Crippen LogP contribution in [0.3, 0.4) is 0 Å². The second-order valence-corrected chi connectivity index (χ2v) is 6.13. The number of ether oxygens (including phenoxy) is 1. The van der Waals surface area contributed by atoms with Gasteiger partial charge < -0.3 is 19.9 Å². The number of benzene rings is 1. The molecule has 6 nitrogen and oxygen atoms in total. The molecule has 124 valence electrons. The van der Waals surface area contributed by atoms with Crippen molar-refractivity contribution in [2.24, 2.45) is 0 Å². The number of pyridine rings is 1. The molecule has 0 saturated heterocycles. The van der Waals surface area contributed by atoms with E-state index in [1.807, 2.05) is 30.1 Å². The number of rotatable bonds is 4. The van der Waals surface area contributed by atoms with E-state index in [9.17, 15) is 4.79 Å². The maximum absolute atomic E-state index is 12.3. The van der Waals surface area contributed by atoms with Crippen LogP contribution in [0.1, 0.15) is 17.4 Å². The van der Waals surface area contributed by atoms with Crippen LogP contribution < -0.4 is 15.1 Å². The minimum absolute atomic E-state index is 0.00635. The van der Waals surface area contributed by atoms with Crippen molar-refractivity contribution >= 4 is 23.0 Å². The second-order valence-electron chi connectivity index (χ2n) is 6.13. The average molecular weight is 324 g/mol. The summed E-state index contributed by atoms with van der Waals surface area (Å²) in [4.78, 5) is 20.7. The van der Waals surface area contributed by atoms with Gasteiger partial charge in [0.05, 0.1) is 30.1 Å². The Labute approximate surface area is 141 Å². The van der Waals surface area contributed by atoms with E-state index in [-0.39, 0.29) is 12.1 Å². The van der Waals surface area contributed by atoms with Crippen molar-refractivity contribution in [3.8, 4) is 0 Å². The second kappa shape index (κ2) is 5.79. The molecule has 1 aromatic heterocycles. The summed E-state index contributed by atoms with van der Waals surface area (Å²) in [5.74, 6) is 0.134. The SMILES string of the molecule is COCCN1C(=O)Cc2cc3c(cc21)N(C)C(c1ccccn1)N3. The third-order valence-corrected chi connectivity index (χ3v) is 4.68. The number of methoxy groups -OCH3 is 1. The van der Waals surface area contributed by atoms with Crippen molar-refractivity contribution in [2.45, 2.75) is 12.6 Å². The van der Waals surface area contributed by atoms with Gasteiger partial charge in [0.25, 0.3) is 0 Å². The van der Waals surface area contributed by atoms with E-state index in [1.54, 1.807) is 13.3 Å². The van der Waals surface area contributed by atoms with E-state index in [4.69, 9.17) is 4.74 Å². The van der Waals surface area contributed by atoms with Crippen molar-refractivity contribution in [1.82, 2.24) is 4.98 Å². The van der Waals surface area contributed by atoms with Crippen LogP contribution in [0.25, 0.3) is 0 Å². The summed E-state index contributed by atoms with van der Waals surface area (Å²) in [6, 6.07) is 10.1. The summed E-state index contributed by atoms with van der Waals surface area (Å²) < 4.78 is 5.13. The lowest BCUT2D eigenvalue weighted by Crippen LogP contribution is -2.30. The largest absolute Gasteiger partial charge is 0.383 e. The predicted octanol–water partition coefficient (Wildman–Crippen LogP) is 2.18. The van der Waals surface area contributed by atoms with Gasteiger partial charge in [0.15, 0.2) is 0 Å². The van der Waals surface area contributed by atoms with Gasteiger partial charge in [-0.15, -0.1) is 0 Å². The minimum atomic E-state index is 0.00635. The smallest absolute Gasteiger partial charge is 0.231 e. The molecule has 3 heterocycles. The molecule has 0 saturated carbocycles. The molecule has 24 heavy (non-hydrogen) atoms. The normalized spacial score (nSPS) is 18.6. The van der Waals surface area contributed by atoms with Gasteiger partial charge in [0.2, 0.25) is 5.91 Å². The van der Waals surface area contributed by atoms with Crippen LogP contribution in [0.2, 0.25) is 0 Å². The fourth-order valence-corrected chi connectivity index (χ4v) is 3.44. The Morgan fingerprint density at radius 3 is 2.96 bits per heavy atom. The molecular formula is C18H20N4O2. The van der Waals surface area contributed by atoms with E-state index in [0.717, 1.165) is 28.3 Å². The maximum atomic E-state index is 12.3. The average Bonchev–Trinajstić information content (AvgIpc) is 3.08. The molecule has 1 amide bonds. The number of amides is 1. The highest BCUT2D eigenvalue weighted by Crippen LogP contribution is 2.45. The fraction of sp³-hybridized carbons (Fsp3) is 0.333. The van der Waals surface area contributed by atoms with Crippen molar-refractivity contribution in [3.05, 3.63) is 47.8 Å². The number of anilines is 3. The molecule has 0 bridgehead atoms. The summed E-state index contributed by atoms with van der Waals surface area (Å²) in [6.07, 6.45) is 2.26. The van der Waals surface area contributed by atoms with E-state index in [0.29, 0.717) is 19.6 Å². The molecule has 4 rings (SSSR count). The summed E-state index contributed by atoms with van der Waals surface area (Å²) in [7, 11) is 3.69. The number of nitrogens with zero attached hydrogens (tertiary/aromatic N) is 3. The third-order valence-electron chi connectivity index (χ3n) is 4.68. The Morgan fingerprint density at radius 1 is 1.33 bits per heavy atom. The van der Waals surface area contributed by atoms with Gasteiger partial charge in [-0.3, -0.25) is 9.78 Å². The number of nitrogens with one attached hydrogen (secondary N) is 1. The number of hydrogen-bond donors (Lipinski definition) is 1. The molecule has 0 aliphatic carbocycles. The Kier molecular flexibility index (Phi) is 3.61.